The number of nitrogens with zero attached hydrogens (tertiary/aromatic N) is 3. The molecule has 2 saturated heterocycles. The van der Waals surface area contributed by atoms with Gasteiger partial charge in [-0.2, -0.15) is 0 Å². The lowest BCUT2D eigenvalue weighted by molar-refractivity contribution is -0.153. The zero-order valence-electron chi connectivity index (χ0n) is 32.1. The van der Waals surface area contributed by atoms with Gasteiger partial charge in [-0.3, -0.25) is 33.6 Å². The molecule has 57 heavy (non-hydrogen) atoms. The highest BCUT2D eigenvalue weighted by Gasteiger charge is 2.62. The largest absolute Gasteiger partial charge is 0.452 e. The van der Waals surface area contributed by atoms with Crippen LogP contribution in [0.1, 0.15) is 70.4 Å². The van der Waals surface area contributed by atoms with Crippen LogP contribution in [0, 0.1) is 11.7 Å². The van der Waals surface area contributed by atoms with E-state index in [-0.39, 0.29) is 45.3 Å². The van der Waals surface area contributed by atoms with E-state index >= 15 is 0 Å². The number of rotatable bonds is 12. The standard InChI is InChI=1S/C37H47FN6O12S/c1-6-21-15-37(21,33(49)41-57(52,53)23-10-11-23)40-30(46)27-14-22(54-35(51)43-16-20-8-7-9-25(38)24(20)18-43)17-44(27)31(47)26(39-34(50)56-36(2,3)4)19-42(5)32(48)28-12-13-29(45)55-28/h6-9,21-23,26-28H,1,10-19H2,2-5H3,(H,39,50)(H,40,46)(H,41,49)/t21?,22-,26+,27+,28-,37-/m1/s1. The average molecular weight is 819 g/mol. The van der Waals surface area contributed by atoms with Gasteiger partial charge in [-0.05, 0) is 51.7 Å². The molecule has 1 aromatic carbocycles. The van der Waals surface area contributed by atoms with Crippen LogP contribution < -0.4 is 15.4 Å². The summed E-state index contributed by atoms with van der Waals surface area (Å²) in [5, 5.41) is 4.38. The summed E-state index contributed by atoms with van der Waals surface area (Å²) in [5.41, 5.74) is -1.80. The van der Waals surface area contributed by atoms with E-state index in [1.165, 1.54) is 30.2 Å². The van der Waals surface area contributed by atoms with E-state index in [1.54, 1.807) is 26.8 Å². The first-order chi connectivity index (χ1) is 26.7. The molecule has 0 aromatic heterocycles. The number of likely N-dealkylation sites (N-methyl/N-ethyl adjacent to an activating group) is 1. The molecule has 1 aromatic rings. The summed E-state index contributed by atoms with van der Waals surface area (Å²) in [6.45, 7) is 7.60. The van der Waals surface area contributed by atoms with Crippen molar-refractivity contribution in [3.05, 3.63) is 47.8 Å². The highest BCUT2D eigenvalue weighted by atomic mass is 32.2. The summed E-state index contributed by atoms with van der Waals surface area (Å²) in [7, 11) is -2.67. The molecule has 310 valence electrons. The third-order valence-electron chi connectivity index (χ3n) is 10.5. The maximum atomic E-state index is 14.6. The van der Waals surface area contributed by atoms with Crippen LogP contribution in [-0.4, -0.2) is 126 Å². The lowest BCUT2D eigenvalue weighted by atomic mass is 10.1. The number of hydrogen-bond acceptors (Lipinski definition) is 12. The highest BCUT2D eigenvalue weighted by Crippen LogP contribution is 2.45. The van der Waals surface area contributed by atoms with Crippen molar-refractivity contribution in [1.29, 1.82) is 0 Å². The van der Waals surface area contributed by atoms with Gasteiger partial charge in [-0.15, -0.1) is 6.58 Å². The van der Waals surface area contributed by atoms with Gasteiger partial charge in [0.2, 0.25) is 21.8 Å². The molecule has 20 heteroatoms. The lowest BCUT2D eigenvalue weighted by Gasteiger charge is -2.32. The molecule has 6 rings (SSSR count). The molecule has 2 aliphatic carbocycles. The van der Waals surface area contributed by atoms with Crippen LogP contribution in [0.5, 0.6) is 0 Å². The van der Waals surface area contributed by atoms with E-state index in [1.807, 2.05) is 0 Å². The topological polar surface area (TPSA) is 227 Å². The van der Waals surface area contributed by atoms with Gasteiger partial charge in [0, 0.05) is 50.9 Å². The average Bonchev–Trinajstić information content (AvgIpc) is 3.95. The summed E-state index contributed by atoms with van der Waals surface area (Å²) in [6.07, 6.45) is -2.09. The molecule has 18 nitrogen and oxygen atoms in total. The number of nitrogens with one attached hydrogen (secondary N) is 3. The summed E-state index contributed by atoms with van der Waals surface area (Å²) in [4.78, 5) is 97.1. The van der Waals surface area contributed by atoms with Crippen molar-refractivity contribution >= 4 is 51.8 Å². The number of amides is 6. The molecular weight excluding hydrogens is 772 g/mol. The number of alkyl carbamates (subject to hydrolysis) is 1. The summed E-state index contributed by atoms with van der Waals surface area (Å²) in [6, 6.07) is 1.46. The predicted molar refractivity (Wildman–Crippen MR) is 195 cm³/mol. The van der Waals surface area contributed by atoms with E-state index in [0.29, 0.717) is 24.0 Å². The number of carbonyl (C=O) groups is 7. The number of cyclic esters (lactones) is 1. The van der Waals surface area contributed by atoms with E-state index in [9.17, 15) is 46.4 Å². The third kappa shape index (κ3) is 9.15. The van der Waals surface area contributed by atoms with Gasteiger partial charge in [0.1, 0.15) is 35.1 Å². The zero-order valence-corrected chi connectivity index (χ0v) is 32.9. The van der Waals surface area contributed by atoms with Gasteiger partial charge in [-0.25, -0.2) is 22.4 Å². The number of hydrogen-bond donors (Lipinski definition) is 3. The van der Waals surface area contributed by atoms with Crippen molar-refractivity contribution in [2.75, 3.05) is 20.1 Å². The molecule has 0 bridgehead atoms. The van der Waals surface area contributed by atoms with Gasteiger partial charge in [0.15, 0.2) is 6.10 Å². The zero-order chi connectivity index (χ0) is 41.6. The molecule has 6 atom stereocenters. The van der Waals surface area contributed by atoms with Crippen molar-refractivity contribution in [1.82, 2.24) is 30.1 Å². The number of fused-ring (bicyclic) bond motifs is 1. The minimum atomic E-state index is -4.00. The van der Waals surface area contributed by atoms with E-state index in [2.05, 4.69) is 21.9 Å². The van der Waals surface area contributed by atoms with Crippen LogP contribution in [0.3, 0.4) is 0 Å². The number of esters is 1. The second kappa shape index (κ2) is 15.6. The normalized spacial score (nSPS) is 25.7. The Morgan fingerprint density at radius 2 is 1.86 bits per heavy atom. The van der Waals surface area contributed by atoms with Crippen LogP contribution in [-0.2, 0) is 61.3 Å². The second-order valence-electron chi connectivity index (χ2n) is 16.1. The quantitative estimate of drug-likeness (QED) is 0.152. The Balaban J connectivity index is 1.25. The number of sulfonamides is 1. The number of carbonyl (C=O) groups excluding carboxylic acids is 7. The third-order valence-corrected chi connectivity index (χ3v) is 12.3. The minimum absolute atomic E-state index is 0.0148. The molecule has 0 radical (unpaired) electrons. The minimum Gasteiger partial charge on any atom is -0.452 e. The fourth-order valence-corrected chi connectivity index (χ4v) is 8.63. The maximum absolute atomic E-state index is 14.6. The van der Waals surface area contributed by atoms with E-state index < -0.39 is 111 Å². The first kappa shape index (κ1) is 41.4. The van der Waals surface area contributed by atoms with Crippen LogP contribution in [0.25, 0.3) is 0 Å². The van der Waals surface area contributed by atoms with Crippen LogP contribution in [0.2, 0.25) is 0 Å². The number of likely N-dealkylation sites (tertiary alicyclic amines) is 1. The number of benzene rings is 1. The molecule has 1 unspecified atom stereocenters. The van der Waals surface area contributed by atoms with Crippen LogP contribution >= 0.6 is 0 Å². The summed E-state index contributed by atoms with van der Waals surface area (Å²) in [5.74, 6) is -5.11. The van der Waals surface area contributed by atoms with Gasteiger partial charge in [0.05, 0.1) is 18.3 Å². The van der Waals surface area contributed by atoms with Gasteiger partial charge >= 0.3 is 18.2 Å². The Bertz CT molecular complexity index is 1990. The van der Waals surface area contributed by atoms with E-state index in [0.717, 1.165) is 9.80 Å². The Labute approximate surface area is 328 Å². The Morgan fingerprint density at radius 1 is 1.14 bits per heavy atom. The SMILES string of the molecule is C=CC1C[C@]1(NC(=O)[C@@H]1C[C@@H](OC(=O)N2Cc3cccc(F)c3C2)CN1C(=O)[C@H](CN(C)C(=O)[C@H]1CCC(=O)O1)NC(=O)OC(C)(C)C)C(=O)NS(=O)(=O)C1CC1. The Kier molecular flexibility index (Phi) is 11.3. The van der Waals surface area contributed by atoms with Crippen molar-refractivity contribution in [3.63, 3.8) is 0 Å². The van der Waals surface area contributed by atoms with E-state index in [4.69, 9.17) is 14.2 Å². The monoisotopic (exact) mass is 818 g/mol. The molecule has 6 amide bonds. The van der Waals surface area contributed by atoms with Gasteiger partial charge in [0.25, 0.3) is 11.8 Å². The Morgan fingerprint density at radius 3 is 2.46 bits per heavy atom. The number of halogens is 1. The molecule has 3 N–H and O–H groups in total. The molecular formula is C37H47FN6O12S. The fraction of sp³-hybridized carbons (Fsp3) is 0.595. The highest BCUT2D eigenvalue weighted by molar-refractivity contribution is 7.91. The van der Waals surface area contributed by atoms with Crippen molar-refractivity contribution in [2.24, 2.45) is 5.92 Å². The first-order valence-electron chi connectivity index (χ1n) is 18.7. The molecule has 3 heterocycles. The molecule has 5 aliphatic rings. The second-order valence-corrected chi connectivity index (χ2v) is 18.1. The van der Waals surface area contributed by atoms with Crippen molar-refractivity contribution in [3.8, 4) is 0 Å². The lowest BCUT2D eigenvalue weighted by Crippen LogP contribution is -2.60. The van der Waals surface area contributed by atoms with Crippen LogP contribution in [0.15, 0.2) is 30.9 Å². The molecule has 0 spiro atoms. The fourth-order valence-electron chi connectivity index (χ4n) is 7.27. The van der Waals surface area contributed by atoms with Crippen molar-refractivity contribution < 1.29 is 60.6 Å². The summed E-state index contributed by atoms with van der Waals surface area (Å²) >= 11 is 0. The van der Waals surface area contributed by atoms with Crippen molar-refractivity contribution in [2.45, 2.75) is 113 Å². The maximum Gasteiger partial charge on any atom is 0.410 e. The van der Waals surface area contributed by atoms with Crippen LogP contribution in [0.4, 0.5) is 14.0 Å². The first-order valence-corrected chi connectivity index (χ1v) is 20.2. The summed E-state index contributed by atoms with van der Waals surface area (Å²) < 4.78 is 58.2. The smallest absolute Gasteiger partial charge is 0.410 e. The molecule has 2 saturated carbocycles. The molecule has 4 fully saturated rings. The predicted octanol–water partition coefficient (Wildman–Crippen LogP) is 0.974. The molecule has 3 aliphatic heterocycles. The van der Waals surface area contributed by atoms with Gasteiger partial charge < -0.3 is 34.6 Å². The number of ether oxygens (including phenoxy) is 3. The van der Waals surface area contributed by atoms with Gasteiger partial charge in [-0.1, -0.05) is 18.2 Å². The Hall–Kier alpha value is -5.27.